The van der Waals surface area contributed by atoms with Gasteiger partial charge in [0.15, 0.2) is 5.82 Å². The molecule has 1 unspecified atom stereocenters. The van der Waals surface area contributed by atoms with Crippen LogP contribution in [0.15, 0.2) is 36.7 Å². The van der Waals surface area contributed by atoms with Crippen molar-refractivity contribution in [2.75, 3.05) is 11.4 Å². The van der Waals surface area contributed by atoms with E-state index in [-0.39, 0.29) is 11.9 Å². The molecule has 0 saturated carbocycles. The van der Waals surface area contributed by atoms with Gasteiger partial charge in [0, 0.05) is 16.4 Å². The van der Waals surface area contributed by atoms with Gasteiger partial charge in [-0.2, -0.15) is 0 Å². The standard InChI is InChI=1S/C17H15ClN4OS/c18-11-5-3-10(4-6-11)14-8-12-15(24-14)17(21-9-20-12)22-7-1-2-13(22)16(19)23/h3-6,8-9,13H,1-2,7H2,(H2,19,23). The zero-order valence-corrected chi connectivity index (χ0v) is 14.3. The van der Waals surface area contributed by atoms with E-state index in [1.54, 1.807) is 17.7 Å². The monoisotopic (exact) mass is 358 g/mol. The number of nitrogens with two attached hydrogens (primary N) is 1. The molecule has 1 saturated heterocycles. The lowest BCUT2D eigenvalue weighted by atomic mass is 10.2. The Morgan fingerprint density at radius 1 is 1.29 bits per heavy atom. The summed E-state index contributed by atoms with van der Waals surface area (Å²) in [6.07, 6.45) is 3.26. The summed E-state index contributed by atoms with van der Waals surface area (Å²) < 4.78 is 0.982. The maximum atomic E-state index is 11.7. The zero-order chi connectivity index (χ0) is 16.7. The second-order valence-electron chi connectivity index (χ2n) is 5.78. The van der Waals surface area contributed by atoms with Crippen molar-refractivity contribution in [1.29, 1.82) is 0 Å². The van der Waals surface area contributed by atoms with E-state index in [4.69, 9.17) is 17.3 Å². The Morgan fingerprint density at radius 2 is 2.08 bits per heavy atom. The van der Waals surface area contributed by atoms with Gasteiger partial charge in [-0.1, -0.05) is 23.7 Å². The first-order chi connectivity index (χ1) is 11.6. The van der Waals surface area contributed by atoms with Gasteiger partial charge in [0.05, 0.1) is 10.2 Å². The second-order valence-corrected chi connectivity index (χ2v) is 7.27. The van der Waals surface area contributed by atoms with E-state index in [1.165, 1.54) is 0 Å². The Bertz CT molecular complexity index is 909. The van der Waals surface area contributed by atoms with Gasteiger partial charge in [-0.3, -0.25) is 4.79 Å². The van der Waals surface area contributed by atoms with Gasteiger partial charge in [-0.25, -0.2) is 9.97 Å². The number of fused-ring (bicyclic) bond motifs is 1. The van der Waals surface area contributed by atoms with E-state index in [0.29, 0.717) is 5.02 Å². The second kappa shape index (κ2) is 6.03. The highest BCUT2D eigenvalue weighted by Crippen LogP contribution is 2.38. The minimum atomic E-state index is -0.297. The number of hydrogen-bond acceptors (Lipinski definition) is 5. The van der Waals surface area contributed by atoms with Crippen LogP contribution in [0.3, 0.4) is 0 Å². The quantitative estimate of drug-likeness (QED) is 0.778. The van der Waals surface area contributed by atoms with Crippen molar-refractivity contribution in [2.45, 2.75) is 18.9 Å². The average molecular weight is 359 g/mol. The number of primary amides is 1. The number of hydrogen-bond donors (Lipinski definition) is 1. The first-order valence-electron chi connectivity index (χ1n) is 7.70. The van der Waals surface area contributed by atoms with E-state index in [0.717, 1.165) is 45.9 Å². The predicted molar refractivity (Wildman–Crippen MR) is 97.4 cm³/mol. The SMILES string of the molecule is NC(=O)C1CCCN1c1ncnc2cc(-c3ccc(Cl)cc3)sc12. The molecule has 1 aromatic carbocycles. The number of carbonyl (C=O) groups excluding carboxylic acids is 1. The molecule has 4 rings (SSSR count). The maximum absolute atomic E-state index is 11.7. The Kier molecular flexibility index (Phi) is 3.86. The Balaban J connectivity index is 1.80. The molecular formula is C17H15ClN4OS. The number of benzene rings is 1. The topological polar surface area (TPSA) is 72.1 Å². The lowest BCUT2D eigenvalue weighted by Crippen LogP contribution is -2.40. The molecule has 2 N–H and O–H groups in total. The summed E-state index contributed by atoms with van der Waals surface area (Å²) in [6, 6.07) is 9.48. The molecule has 7 heteroatoms. The summed E-state index contributed by atoms with van der Waals surface area (Å²) in [5.41, 5.74) is 7.51. The summed E-state index contributed by atoms with van der Waals surface area (Å²) in [5.74, 6) is 0.500. The summed E-state index contributed by atoms with van der Waals surface area (Å²) in [5, 5.41) is 0.710. The molecular weight excluding hydrogens is 344 g/mol. The van der Waals surface area contributed by atoms with E-state index in [9.17, 15) is 4.79 Å². The number of rotatable bonds is 3. The van der Waals surface area contributed by atoms with Crippen LogP contribution in [0, 0.1) is 0 Å². The molecule has 0 spiro atoms. The Hall–Kier alpha value is -2.18. The van der Waals surface area contributed by atoms with Gasteiger partial charge < -0.3 is 10.6 Å². The van der Waals surface area contributed by atoms with Crippen LogP contribution in [0.2, 0.25) is 5.02 Å². The van der Waals surface area contributed by atoms with Crippen molar-refractivity contribution in [1.82, 2.24) is 9.97 Å². The highest BCUT2D eigenvalue weighted by atomic mass is 35.5. The van der Waals surface area contributed by atoms with Crippen molar-refractivity contribution in [3.63, 3.8) is 0 Å². The molecule has 5 nitrogen and oxygen atoms in total. The van der Waals surface area contributed by atoms with Crippen LogP contribution < -0.4 is 10.6 Å². The van der Waals surface area contributed by atoms with E-state index in [1.807, 2.05) is 35.2 Å². The number of carbonyl (C=O) groups is 1. The Morgan fingerprint density at radius 3 is 2.83 bits per heavy atom. The normalized spacial score (nSPS) is 17.5. The number of aromatic nitrogens is 2. The molecule has 122 valence electrons. The van der Waals surface area contributed by atoms with Gasteiger partial charge in [-0.05, 0) is 36.6 Å². The summed E-state index contributed by atoms with van der Waals surface area (Å²) >= 11 is 7.59. The maximum Gasteiger partial charge on any atom is 0.240 e. The summed E-state index contributed by atoms with van der Waals surface area (Å²) in [6.45, 7) is 0.786. The van der Waals surface area contributed by atoms with Crippen molar-refractivity contribution in [2.24, 2.45) is 5.73 Å². The van der Waals surface area contributed by atoms with Crippen LogP contribution >= 0.6 is 22.9 Å². The molecule has 0 bridgehead atoms. The molecule has 1 aliphatic heterocycles. The predicted octanol–water partition coefficient (Wildman–Crippen LogP) is 3.47. The number of halogens is 1. The fourth-order valence-corrected chi connectivity index (χ4v) is 4.37. The van der Waals surface area contributed by atoms with Gasteiger partial charge >= 0.3 is 0 Å². The minimum Gasteiger partial charge on any atom is -0.368 e. The van der Waals surface area contributed by atoms with E-state index in [2.05, 4.69) is 9.97 Å². The molecule has 24 heavy (non-hydrogen) atoms. The lowest BCUT2D eigenvalue weighted by molar-refractivity contribution is -0.119. The summed E-state index contributed by atoms with van der Waals surface area (Å²) in [7, 11) is 0. The van der Waals surface area contributed by atoms with Gasteiger partial charge in [0.1, 0.15) is 12.4 Å². The van der Waals surface area contributed by atoms with Crippen LogP contribution in [0.25, 0.3) is 20.7 Å². The number of thiophene rings is 1. The van der Waals surface area contributed by atoms with Crippen molar-refractivity contribution in [3.8, 4) is 10.4 Å². The molecule has 1 aliphatic rings. The van der Waals surface area contributed by atoms with E-state index < -0.39 is 0 Å². The largest absolute Gasteiger partial charge is 0.368 e. The first-order valence-corrected chi connectivity index (χ1v) is 8.89. The molecule has 1 amide bonds. The van der Waals surface area contributed by atoms with E-state index >= 15 is 0 Å². The van der Waals surface area contributed by atoms with Crippen molar-refractivity contribution < 1.29 is 4.79 Å². The van der Waals surface area contributed by atoms with Crippen LogP contribution in [-0.4, -0.2) is 28.5 Å². The fraction of sp³-hybridized carbons (Fsp3) is 0.235. The van der Waals surface area contributed by atoms with Crippen LogP contribution in [-0.2, 0) is 4.79 Å². The van der Waals surface area contributed by atoms with Crippen LogP contribution in [0.5, 0.6) is 0 Å². The highest BCUT2D eigenvalue weighted by Gasteiger charge is 2.31. The minimum absolute atomic E-state index is 0.288. The van der Waals surface area contributed by atoms with Gasteiger partial charge in [0.2, 0.25) is 5.91 Å². The molecule has 2 aromatic heterocycles. The average Bonchev–Trinajstić information content (AvgIpc) is 3.22. The van der Waals surface area contributed by atoms with Gasteiger partial charge in [-0.15, -0.1) is 11.3 Å². The molecule has 3 aromatic rings. The first kappa shape index (κ1) is 15.4. The van der Waals surface area contributed by atoms with Crippen molar-refractivity contribution in [3.05, 3.63) is 41.7 Å². The number of nitrogens with zero attached hydrogens (tertiary/aromatic N) is 3. The number of anilines is 1. The molecule has 1 fully saturated rings. The molecule has 0 radical (unpaired) electrons. The third-order valence-electron chi connectivity index (χ3n) is 4.27. The Labute approximate surface area is 148 Å². The third-order valence-corrected chi connectivity index (χ3v) is 5.70. The molecule has 0 aliphatic carbocycles. The van der Waals surface area contributed by atoms with Crippen molar-refractivity contribution >= 4 is 44.9 Å². The van der Waals surface area contributed by atoms with Crippen LogP contribution in [0.4, 0.5) is 5.82 Å². The summed E-state index contributed by atoms with van der Waals surface area (Å²) in [4.78, 5) is 23.6. The highest BCUT2D eigenvalue weighted by molar-refractivity contribution is 7.22. The number of amides is 1. The molecule has 3 heterocycles. The van der Waals surface area contributed by atoms with Gasteiger partial charge in [0.25, 0.3) is 0 Å². The third kappa shape index (κ3) is 2.61. The lowest BCUT2D eigenvalue weighted by Gasteiger charge is -2.23. The fourth-order valence-electron chi connectivity index (χ4n) is 3.12. The zero-order valence-electron chi connectivity index (χ0n) is 12.8. The van der Waals surface area contributed by atoms with Crippen LogP contribution in [0.1, 0.15) is 12.8 Å². The molecule has 1 atom stereocenters. The smallest absolute Gasteiger partial charge is 0.240 e.